The van der Waals surface area contributed by atoms with Gasteiger partial charge in [-0.25, -0.2) is 9.97 Å². The van der Waals surface area contributed by atoms with E-state index >= 15 is 0 Å². The average Bonchev–Trinajstić information content (AvgIpc) is 3.01. The largest absolute Gasteiger partial charge is 0.369 e. The number of nitrogens with two attached hydrogens (primary N) is 1. The minimum absolute atomic E-state index is 0.188. The van der Waals surface area contributed by atoms with Crippen LogP contribution >= 0.6 is 11.3 Å². The van der Waals surface area contributed by atoms with E-state index in [9.17, 15) is 4.79 Å². The van der Waals surface area contributed by atoms with Gasteiger partial charge in [0, 0.05) is 23.7 Å². The Morgan fingerprint density at radius 2 is 2.14 bits per heavy atom. The van der Waals surface area contributed by atoms with Gasteiger partial charge >= 0.3 is 0 Å². The predicted molar refractivity (Wildman–Crippen MR) is 88.1 cm³/mol. The van der Waals surface area contributed by atoms with Crippen molar-refractivity contribution in [2.24, 2.45) is 11.1 Å². The number of carbonyl (C=O) groups excluding carboxylic acids is 1. The van der Waals surface area contributed by atoms with Crippen LogP contribution in [0.5, 0.6) is 0 Å². The maximum absolute atomic E-state index is 12.0. The highest BCUT2D eigenvalue weighted by molar-refractivity contribution is 7.13. The standard InChI is InChI=1S/C16H20N4OS/c17-14(21)16(7-2-1-3-8-16)11-12-5-4-6-13(19-12)20-15-18-9-10-22-15/h4-6,9-10H,1-3,7-8,11H2,(H2,17,21)(H,18,19,20). The van der Waals surface area contributed by atoms with Gasteiger partial charge in [-0.1, -0.05) is 25.3 Å². The van der Waals surface area contributed by atoms with E-state index in [0.29, 0.717) is 6.42 Å². The first-order valence-electron chi connectivity index (χ1n) is 7.60. The van der Waals surface area contributed by atoms with E-state index in [4.69, 9.17) is 5.73 Å². The van der Waals surface area contributed by atoms with Crippen LogP contribution in [-0.4, -0.2) is 15.9 Å². The zero-order chi connectivity index (χ0) is 15.4. The number of aromatic nitrogens is 2. The van der Waals surface area contributed by atoms with Crippen molar-refractivity contribution in [3.63, 3.8) is 0 Å². The van der Waals surface area contributed by atoms with E-state index < -0.39 is 5.41 Å². The molecule has 0 radical (unpaired) electrons. The third-order valence-corrected chi connectivity index (χ3v) is 5.02. The second kappa shape index (κ2) is 6.44. The van der Waals surface area contributed by atoms with Gasteiger partial charge < -0.3 is 11.1 Å². The van der Waals surface area contributed by atoms with Gasteiger partial charge in [0.2, 0.25) is 5.91 Å². The number of thiazole rings is 1. The smallest absolute Gasteiger partial charge is 0.224 e. The summed E-state index contributed by atoms with van der Waals surface area (Å²) >= 11 is 1.53. The van der Waals surface area contributed by atoms with Gasteiger partial charge in [-0.05, 0) is 25.0 Å². The lowest BCUT2D eigenvalue weighted by atomic mass is 9.70. The highest BCUT2D eigenvalue weighted by atomic mass is 32.1. The molecule has 1 aliphatic rings. The molecule has 0 bridgehead atoms. The number of rotatable bonds is 5. The molecule has 0 spiro atoms. The molecular formula is C16H20N4OS. The van der Waals surface area contributed by atoms with Gasteiger partial charge in [0.25, 0.3) is 0 Å². The quantitative estimate of drug-likeness (QED) is 0.887. The van der Waals surface area contributed by atoms with Gasteiger partial charge in [0.05, 0.1) is 5.41 Å². The van der Waals surface area contributed by atoms with Crippen LogP contribution in [0.2, 0.25) is 0 Å². The summed E-state index contributed by atoms with van der Waals surface area (Å²) in [6.45, 7) is 0. The number of anilines is 2. The van der Waals surface area contributed by atoms with Crippen LogP contribution < -0.4 is 11.1 Å². The van der Waals surface area contributed by atoms with Crippen LogP contribution in [0.1, 0.15) is 37.8 Å². The maximum atomic E-state index is 12.0. The van der Waals surface area contributed by atoms with E-state index in [1.165, 1.54) is 17.8 Å². The zero-order valence-electron chi connectivity index (χ0n) is 12.4. The number of hydrogen-bond acceptors (Lipinski definition) is 5. The highest BCUT2D eigenvalue weighted by Gasteiger charge is 2.38. The first-order valence-corrected chi connectivity index (χ1v) is 8.48. The second-order valence-electron chi connectivity index (χ2n) is 5.86. The van der Waals surface area contributed by atoms with Crippen molar-refractivity contribution in [1.82, 2.24) is 9.97 Å². The molecule has 3 rings (SSSR count). The molecule has 3 N–H and O–H groups in total. The van der Waals surface area contributed by atoms with Crippen molar-refractivity contribution < 1.29 is 4.79 Å². The zero-order valence-corrected chi connectivity index (χ0v) is 13.2. The Kier molecular flexibility index (Phi) is 4.38. The fourth-order valence-electron chi connectivity index (χ4n) is 3.13. The molecule has 0 aliphatic heterocycles. The third kappa shape index (κ3) is 3.27. The predicted octanol–water partition coefficient (Wildman–Crippen LogP) is 3.26. The van der Waals surface area contributed by atoms with Crippen molar-refractivity contribution in [3.05, 3.63) is 35.5 Å². The molecule has 1 amide bonds. The van der Waals surface area contributed by atoms with Crippen molar-refractivity contribution in [2.75, 3.05) is 5.32 Å². The number of amides is 1. The van der Waals surface area contributed by atoms with Gasteiger partial charge in [-0.15, -0.1) is 11.3 Å². The lowest BCUT2D eigenvalue weighted by Crippen LogP contribution is -2.40. The Hall–Kier alpha value is -1.95. The first-order chi connectivity index (χ1) is 10.7. The Balaban J connectivity index is 1.78. The molecule has 22 heavy (non-hydrogen) atoms. The van der Waals surface area contributed by atoms with E-state index in [1.807, 2.05) is 23.6 Å². The van der Waals surface area contributed by atoms with Crippen LogP contribution in [0.3, 0.4) is 0 Å². The lowest BCUT2D eigenvalue weighted by Gasteiger charge is -2.34. The van der Waals surface area contributed by atoms with Crippen LogP contribution in [-0.2, 0) is 11.2 Å². The van der Waals surface area contributed by atoms with E-state index in [0.717, 1.165) is 42.3 Å². The summed E-state index contributed by atoms with van der Waals surface area (Å²) in [6.07, 6.45) is 7.44. The summed E-state index contributed by atoms with van der Waals surface area (Å²) in [5.41, 5.74) is 6.19. The average molecular weight is 316 g/mol. The summed E-state index contributed by atoms with van der Waals surface area (Å²) in [5.74, 6) is 0.565. The van der Waals surface area contributed by atoms with E-state index in [-0.39, 0.29) is 5.91 Å². The number of nitrogens with zero attached hydrogens (tertiary/aromatic N) is 2. The summed E-state index contributed by atoms with van der Waals surface area (Å²) in [7, 11) is 0. The molecule has 5 nitrogen and oxygen atoms in total. The van der Waals surface area contributed by atoms with Crippen molar-refractivity contribution in [3.8, 4) is 0 Å². The molecule has 1 aliphatic carbocycles. The molecule has 2 aromatic heterocycles. The summed E-state index contributed by atoms with van der Waals surface area (Å²) < 4.78 is 0. The highest BCUT2D eigenvalue weighted by Crippen LogP contribution is 2.38. The number of hydrogen-bond donors (Lipinski definition) is 2. The molecule has 0 saturated heterocycles. The fraction of sp³-hybridized carbons (Fsp3) is 0.438. The van der Waals surface area contributed by atoms with Crippen LogP contribution in [0.15, 0.2) is 29.8 Å². The van der Waals surface area contributed by atoms with E-state index in [1.54, 1.807) is 6.20 Å². The third-order valence-electron chi connectivity index (χ3n) is 4.33. The van der Waals surface area contributed by atoms with Crippen molar-refractivity contribution in [2.45, 2.75) is 38.5 Å². The van der Waals surface area contributed by atoms with Gasteiger partial charge in [-0.3, -0.25) is 4.79 Å². The normalized spacial score (nSPS) is 17.1. The maximum Gasteiger partial charge on any atom is 0.224 e. The van der Waals surface area contributed by atoms with Gasteiger partial charge in [0.1, 0.15) is 5.82 Å². The number of primary amides is 1. The minimum atomic E-state index is -0.426. The molecule has 2 aromatic rings. The lowest BCUT2D eigenvalue weighted by molar-refractivity contribution is -0.129. The Labute approximate surface area is 134 Å². The van der Waals surface area contributed by atoms with Crippen molar-refractivity contribution in [1.29, 1.82) is 0 Å². The minimum Gasteiger partial charge on any atom is -0.369 e. The molecule has 0 unspecified atom stereocenters. The SMILES string of the molecule is NC(=O)C1(Cc2cccc(Nc3nccs3)n2)CCCCC1. The second-order valence-corrected chi connectivity index (χ2v) is 6.75. The molecule has 0 atom stereocenters. The molecule has 1 saturated carbocycles. The molecule has 116 valence electrons. The van der Waals surface area contributed by atoms with Crippen molar-refractivity contribution >= 4 is 28.2 Å². The fourth-order valence-corrected chi connectivity index (χ4v) is 3.66. The molecule has 1 fully saturated rings. The summed E-state index contributed by atoms with van der Waals surface area (Å²) in [6, 6.07) is 5.82. The molecular weight excluding hydrogens is 296 g/mol. The molecule has 0 aromatic carbocycles. The Bertz CT molecular complexity index is 635. The molecule has 6 heteroatoms. The van der Waals surface area contributed by atoms with Crippen LogP contribution in [0.4, 0.5) is 10.9 Å². The number of pyridine rings is 1. The Morgan fingerprint density at radius 1 is 1.32 bits per heavy atom. The first kappa shape index (κ1) is 15.0. The summed E-state index contributed by atoms with van der Waals surface area (Å²) in [4.78, 5) is 20.8. The van der Waals surface area contributed by atoms with Crippen LogP contribution in [0, 0.1) is 5.41 Å². The van der Waals surface area contributed by atoms with Crippen LogP contribution in [0.25, 0.3) is 0 Å². The molecule has 2 heterocycles. The van der Waals surface area contributed by atoms with E-state index in [2.05, 4.69) is 15.3 Å². The number of carbonyl (C=O) groups is 1. The summed E-state index contributed by atoms with van der Waals surface area (Å²) in [5, 5.41) is 5.91. The Morgan fingerprint density at radius 3 is 2.82 bits per heavy atom. The van der Waals surface area contributed by atoms with Gasteiger partial charge in [-0.2, -0.15) is 0 Å². The monoisotopic (exact) mass is 316 g/mol. The number of nitrogens with one attached hydrogen (secondary N) is 1. The van der Waals surface area contributed by atoms with Gasteiger partial charge in [0.15, 0.2) is 5.13 Å². The topological polar surface area (TPSA) is 80.9 Å².